The Morgan fingerprint density at radius 1 is 1.42 bits per heavy atom. The summed E-state index contributed by atoms with van der Waals surface area (Å²) in [6, 6.07) is 5.77. The van der Waals surface area contributed by atoms with Gasteiger partial charge >= 0.3 is 0 Å². The molecule has 2 saturated heterocycles. The van der Waals surface area contributed by atoms with Gasteiger partial charge in [0.25, 0.3) is 0 Å². The summed E-state index contributed by atoms with van der Waals surface area (Å²) in [7, 11) is 0. The highest BCUT2D eigenvalue weighted by Gasteiger charge is 2.30. The van der Waals surface area contributed by atoms with E-state index in [1.807, 2.05) is 19.1 Å². The van der Waals surface area contributed by atoms with Crippen molar-refractivity contribution in [3.8, 4) is 0 Å². The van der Waals surface area contributed by atoms with E-state index in [1.165, 1.54) is 11.3 Å². The monoisotopic (exact) mass is 423 g/mol. The van der Waals surface area contributed by atoms with E-state index >= 15 is 0 Å². The first-order valence-corrected chi connectivity index (χ1v) is 9.06. The number of carbonyl (C=O) groups is 1. The molecular weight excluding hydrogens is 397 g/mol. The molecule has 0 aliphatic carbocycles. The van der Waals surface area contributed by atoms with Gasteiger partial charge in [-0.05, 0) is 43.9 Å². The Hall–Kier alpha value is -0.720. The summed E-state index contributed by atoms with van der Waals surface area (Å²) in [5.74, 6) is 0.506. The van der Waals surface area contributed by atoms with Crippen LogP contribution in [0.3, 0.4) is 0 Å². The van der Waals surface area contributed by atoms with Crippen molar-refractivity contribution >= 4 is 48.0 Å². The zero-order chi connectivity index (χ0) is 17.1. The molecule has 3 atom stereocenters. The highest BCUT2D eigenvalue weighted by atomic mass is 35.5. The lowest BCUT2D eigenvalue weighted by Gasteiger charge is -2.29. The fourth-order valence-corrected chi connectivity index (χ4v) is 3.69. The molecule has 1 aromatic rings. The van der Waals surface area contributed by atoms with E-state index in [0.717, 1.165) is 31.1 Å². The van der Waals surface area contributed by atoms with Gasteiger partial charge in [-0.2, -0.15) is 0 Å². The Kier molecular flexibility index (Phi) is 9.48. The van der Waals surface area contributed by atoms with Crippen LogP contribution in [0.15, 0.2) is 18.2 Å². The van der Waals surface area contributed by atoms with Crippen molar-refractivity contribution in [2.45, 2.75) is 32.4 Å². The Morgan fingerprint density at radius 3 is 2.92 bits per heavy atom. The summed E-state index contributed by atoms with van der Waals surface area (Å²) >= 11 is 6.13. The minimum atomic E-state index is -0.244. The van der Waals surface area contributed by atoms with E-state index in [0.29, 0.717) is 19.1 Å². The molecule has 1 unspecified atom stereocenters. The van der Waals surface area contributed by atoms with Crippen LogP contribution in [0, 0.1) is 12.8 Å². The zero-order valence-corrected chi connectivity index (χ0v) is 17.6. The standard InChI is InChI=1S/C18H26ClN3O2.2ClH/c1-12-3-4-15(19)9-16(12)22-7-5-14(11-22)10-21-18(23)17-13(2)24-8-6-20-17;;/h3-4,9,13-14,17,20H,5-8,10-11H2,1-2H3,(H,21,23);2*1H/t13-,14?,17+;;/m1../s1. The first-order valence-electron chi connectivity index (χ1n) is 8.68. The number of amides is 1. The molecule has 5 nitrogen and oxygen atoms in total. The second-order valence-electron chi connectivity index (χ2n) is 6.78. The topological polar surface area (TPSA) is 53.6 Å². The maximum absolute atomic E-state index is 12.3. The average molecular weight is 425 g/mol. The molecule has 8 heteroatoms. The molecule has 148 valence electrons. The molecular formula is C18H28Cl3N3O2. The number of hydrogen-bond donors (Lipinski definition) is 2. The smallest absolute Gasteiger partial charge is 0.239 e. The molecule has 26 heavy (non-hydrogen) atoms. The van der Waals surface area contributed by atoms with E-state index in [9.17, 15) is 4.79 Å². The van der Waals surface area contributed by atoms with Crippen molar-refractivity contribution in [2.75, 3.05) is 37.7 Å². The number of halogens is 3. The van der Waals surface area contributed by atoms with Gasteiger partial charge in [0, 0.05) is 36.9 Å². The third-order valence-corrected chi connectivity index (χ3v) is 5.20. The SMILES string of the molecule is Cc1ccc(Cl)cc1N1CCC(CNC(=O)[C@H]2NCCO[C@@H]2C)C1.Cl.Cl. The summed E-state index contributed by atoms with van der Waals surface area (Å²) in [6.07, 6.45) is 1.00. The molecule has 2 aliphatic heterocycles. The summed E-state index contributed by atoms with van der Waals surface area (Å²) in [6.45, 7) is 8.11. The molecule has 0 saturated carbocycles. The second-order valence-corrected chi connectivity index (χ2v) is 7.22. The Labute approximate surface area is 173 Å². The first-order chi connectivity index (χ1) is 11.5. The van der Waals surface area contributed by atoms with Crippen LogP contribution < -0.4 is 15.5 Å². The minimum Gasteiger partial charge on any atom is -0.375 e. The number of morpholine rings is 1. The highest BCUT2D eigenvalue weighted by Crippen LogP contribution is 2.29. The first kappa shape index (κ1) is 23.3. The lowest BCUT2D eigenvalue weighted by Crippen LogP contribution is -2.56. The van der Waals surface area contributed by atoms with Crippen LogP contribution in [0.25, 0.3) is 0 Å². The van der Waals surface area contributed by atoms with E-state index in [4.69, 9.17) is 16.3 Å². The van der Waals surface area contributed by atoms with Gasteiger partial charge in [0.15, 0.2) is 0 Å². The van der Waals surface area contributed by atoms with Gasteiger partial charge in [-0.15, -0.1) is 24.8 Å². The molecule has 0 aromatic heterocycles. The van der Waals surface area contributed by atoms with Gasteiger partial charge in [-0.25, -0.2) is 0 Å². The van der Waals surface area contributed by atoms with Crippen LogP contribution in [0.2, 0.25) is 5.02 Å². The molecule has 3 rings (SSSR count). The number of nitrogens with one attached hydrogen (secondary N) is 2. The van der Waals surface area contributed by atoms with Crippen LogP contribution in [0.1, 0.15) is 18.9 Å². The van der Waals surface area contributed by atoms with Gasteiger partial charge in [0.2, 0.25) is 5.91 Å². The van der Waals surface area contributed by atoms with E-state index in [2.05, 4.69) is 28.5 Å². The number of carbonyl (C=O) groups excluding carboxylic acids is 1. The molecule has 2 N–H and O–H groups in total. The minimum absolute atomic E-state index is 0. The average Bonchev–Trinajstić information content (AvgIpc) is 3.04. The maximum Gasteiger partial charge on any atom is 0.239 e. The summed E-state index contributed by atoms with van der Waals surface area (Å²) in [4.78, 5) is 14.7. The molecule has 2 aliphatic rings. The predicted molar refractivity (Wildman–Crippen MR) is 111 cm³/mol. The van der Waals surface area contributed by atoms with Gasteiger partial charge < -0.3 is 20.3 Å². The molecule has 2 heterocycles. The number of rotatable bonds is 4. The normalized spacial score (nSPS) is 25.2. The van der Waals surface area contributed by atoms with Gasteiger partial charge in [0.1, 0.15) is 6.04 Å². The fraction of sp³-hybridized carbons (Fsp3) is 0.611. The van der Waals surface area contributed by atoms with Crippen molar-refractivity contribution < 1.29 is 9.53 Å². The Bertz CT molecular complexity index is 603. The molecule has 0 bridgehead atoms. The van der Waals surface area contributed by atoms with Gasteiger partial charge in [-0.1, -0.05) is 17.7 Å². The number of hydrogen-bond acceptors (Lipinski definition) is 4. The van der Waals surface area contributed by atoms with Crippen LogP contribution in [0.4, 0.5) is 5.69 Å². The molecule has 0 radical (unpaired) electrons. The number of aryl methyl sites for hydroxylation is 1. The van der Waals surface area contributed by atoms with Crippen molar-refractivity contribution in [1.29, 1.82) is 0 Å². The maximum atomic E-state index is 12.3. The van der Waals surface area contributed by atoms with Crippen molar-refractivity contribution in [2.24, 2.45) is 5.92 Å². The molecule has 0 spiro atoms. The molecule has 1 amide bonds. The second kappa shape index (κ2) is 10.6. The zero-order valence-electron chi connectivity index (χ0n) is 15.2. The summed E-state index contributed by atoms with van der Waals surface area (Å²) < 4.78 is 5.54. The quantitative estimate of drug-likeness (QED) is 0.780. The number of ether oxygens (including phenoxy) is 1. The number of nitrogens with zero attached hydrogens (tertiary/aromatic N) is 1. The third-order valence-electron chi connectivity index (χ3n) is 4.96. The van der Waals surface area contributed by atoms with Crippen LogP contribution >= 0.6 is 36.4 Å². The Balaban J connectivity index is 0.00000169. The Morgan fingerprint density at radius 2 is 2.19 bits per heavy atom. The molecule has 2 fully saturated rings. The van der Waals surface area contributed by atoms with Gasteiger partial charge in [0.05, 0.1) is 12.7 Å². The van der Waals surface area contributed by atoms with Crippen LogP contribution in [-0.4, -0.2) is 50.8 Å². The lowest BCUT2D eigenvalue weighted by molar-refractivity contribution is -0.129. The van der Waals surface area contributed by atoms with Gasteiger partial charge in [-0.3, -0.25) is 4.79 Å². The summed E-state index contributed by atoms with van der Waals surface area (Å²) in [5.41, 5.74) is 2.44. The lowest BCUT2D eigenvalue weighted by atomic mass is 10.1. The van der Waals surface area contributed by atoms with Crippen LogP contribution in [0.5, 0.6) is 0 Å². The van der Waals surface area contributed by atoms with E-state index in [1.54, 1.807) is 0 Å². The van der Waals surface area contributed by atoms with Crippen molar-refractivity contribution in [3.05, 3.63) is 28.8 Å². The predicted octanol–water partition coefficient (Wildman–Crippen LogP) is 2.81. The van der Waals surface area contributed by atoms with Crippen molar-refractivity contribution in [1.82, 2.24) is 10.6 Å². The number of benzene rings is 1. The summed E-state index contributed by atoms with van der Waals surface area (Å²) in [5, 5.41) is 7.09. The van der Waals surface area contributed by atoms with Crippen LogP contribution in [-0.2, 0) is 9.53 Å². The molecule has 1 aromatic carbocycles. The highest BCUT2D eigenvalue weighted by molar-refractivity contribution is 6.30. The van der Waals surface area contributed by atoms with Crippen molar-refractivity contribution in [3.63, 3.8) is 0 Å². The fourth-order valence-electron chi connectivity index (χ4n) is 3.52. The van der Waals surface area contributed by atoms with E-state index < -0.39 is 0 Å². The largest absolute Gasteiger partial charge is 0.375 e. The van der Waals surface area contributed by atoms with E-state index in [-0.39, 0.29) is 42.9 Å². The third kappa shape index (κ3) is 5.64. The number of anilines is 1.